The second-order valence-corrected chi connectivity index (χ2v) is 8.73. The van der Waals surface area contributed by atoms with E-state index < -0.39 is 10.0 Å². The topological polar surface area (TPSA) is 37.4 Å². The van der Waals surface area contributed by atoms with Crippen LogP contribution in [0.2, 0.25) is 0 Å². The summed E-state index contributed by atoms with van der Waals surface area (Å²) in [4.78, 5) is 0. The molecule has 17 heavy (non-hydrogen) atoms. The Labute approximate surface area is 114 Å². The number of hydrogen-bond acceptors (Lipinski definition) is 2. The molecule has 0 aromatic carbocycles. The molecule has 5 heteroatoms. The Morgan fingerprint density at radius 3 is 2.47 bits per heavy atom. The summed E-state index contributed by atoms with van der Waals surface area (Å²) in [6.45, 7) is 6.95. The minimum Gasteiger partial charge on any atom is -0.212 e. The van der Waals surface area contributed by atoms with E-state index in [0.29, 0.717) is 6.54 Å². The van der Waals surface area contributed by atoms with Crippen LogP contribution in [0.1, 0.15) is 46.5 Å². The molecule has 0 aliphatic carbocycles. The lowest BCUT2D eigenvalue weighted by Gasteiger charge is -2.34. The summed E-state index contributed by atoms with van der Waals surface area (Å²) < 4.78 is 26.3. The van der Waals surface area contributed by atoms with Crippen molar-refractivity contribution in [3.05, 3.63) is 0 Å². The van der Waals surface area contributed by atoms with Gasteiger partial charge in [-0.05, 0) is 24.7 Å². The first-order chi connectivity index (χ1) is 7.76. The van der Waals surface area contributed by atoms with Gasteiger partial charge in [-0.25, -0.2) is 8.42 Å². The molecule has 1 rings (SSSR count). The minimum atomic E-state index is -3.07. The molecule has 1 unspecified atom stereocenters. The molecule has 0 amide bonds. The molecule has 1 aliphatic heterocycles. The summed E-state index contributed by atoms with van der Waals surface area (Å²) >= 11 is 3.43. The molecule has 0 radical (unpaired) electrons. The summed E-state index contributed by atoms with van der Waals surface area (Å²) in [7, 11) is -3.07. The minimum absolute atomic E-state index is 0.0761. The largest absolute Gasteiger partial charge is 0.214 e. The van der Waals surface area contributed by atoms with E-state index in [1.54, 1.807) is 4.31 Å². The Kier molecular flexibility index (Phi) is 5.47. The zero-order valence-corrected chi connectivity index (χ0v) is 13.5. The van der Waals surface area contributed by atoms with Crippen molar-refractivity contribution in [2.75, 3.05) is 17.6 Å². The van der Waals surface area contributed by atoms with Crippen molar-refractivity contribution in [3.8, 4) is 0 Å². The third kappa shape index (κ3) is 4.87. The van der Waals surface area contributed by atoms with Crippen molar-refractivity contribution in [1.82, 2.24) is 4.31 Å². The van der Waals surface area contributed by atoms with Crippen LogP contribution in [-0.2, 0) is 10.0 Å². The van der Waals surface area contributed by atoms with Gasteiger partial charge in [-0.3, -0.25) is 0 Å². The highest BCUT2D eigenvalue weighted by atomic mass is 79.9. The molecule has 0 saturated carbocycles. The molecular weight excluding hydrogens is 302 g/mol. The fraction of sp³-hybridized carbons (Fsp3) is 1.00. The quantitative estimate of drug-likeness (QED) is 0.745. The van der Waals surface area contributed by atoms with Gasteiger partial charge in [-0.15, -0.1) is 0 Å². The maximum Gasteiger partial charge on any atom is 0.214 e. The van der Waals surface area contributed by atoms with Crippen LogP contribution in [0.25, 0.3) is 0 Å². The maximum atomic E-state index is 12.3. The molecule has 0 N–H and O–H groups in total. The molecule has 102 valence electrons. The highest BCUT2D eigenvalue weighted by molar-refractivity contribution is 9.09. The van der Waals surface area contributed by atoms with Crippen LogP contribution in [0.5, 0.6) is 0 Å². The van der Waals surface area contributed by atoms with Gasteiger partial charge < -0.3 is 0 Å². The first-order valence-corrected chi connectivity index (χ1v) is 9.05. The Morgan fingerprint density at radius 1 is 1.29 bits per heavy atom. The number of rotatable bonds is 4. The van der Waals surface area contributed by atoms with Gasteiger partial charge in [0.05, 0.1) is 5.75 Å². The first kappa shape index (κ1) is 15.4. The second kappa shape index (κ2) is 6.02. The normalized spacial score (nSPS) is 23.9. The number of alkyl halides is 1. The average molecular weight is 326 g/mol. The monoisotopic (exact) mass is 325 g/mol. The van der Waals surface area contributed by atoms with Gasteiger partial charge in [0, 0.05) is 17.9 Å². The predicted octanol–water partition coefficient (Wildman–Crippen LogP) is 3.00. The van der Waals surface area contributed by atoms with Gasteiger partial charge in [-0.1, -0.05) is 43.1 Å². The van der Waals surface area contributed by atoms with Crippen molar-refractivity contribution in [2.45, 2.75) is 52.5 Å². The molecule has 1 heterocycles. The van der Waals surface area contributed by atoms with Gasteiger partial charge in [-0.2, -0.15) is 4.31 Å². The van der Waals surface area contributed by atoms with Gasteiger partial charge in [0.2, 0.25) is 10.0 Å². The zero-order chi connectivity index (χ0) is 13.1. The lowest BCUT2D eigenvalue weighted by molar-refractivity contribution is 0.271. The molecule has 0 spiro atoms. The van der Waals surface area contributed by atoms with Crippen molar-refractivity contribution in [2.24, 2.45) is 5.41 Å². The van der Waals surface area contributed by atoms with Crippen LogP contribution in [-0.4, -0.2) is 36.4 Å². The standard InChI is InChI=1S/C12H24BrNO2S/c1-12(2,3)7-9-17(15,16)14-8-5-4-6-11(14)10-13/h11H,4-10H2,1-3H3. The van der Waals surface area contributed by atoms with Crippen molar-refractivity contribution in [3.63, 3.8) is 0 Å². The Bertz CT molecular complexity index is 335. The van der Waals surface area contributed by atoms with Gasteiger partial charge in [0.15, 0.2) is 0 Å². The van der Waals surface area contributed by atoms with Gasteiger partial charge in [0.1, 0.15) is 0 Å². The summed E-state index contributed by atoms with van der Waals surface area (Å²) in [6, 6.07) is 0.161. The van der Waals surface area contributed by atoms with E-state index in [4.69, 9.17) is 0 Å². The van der Waals surface area contributed by atoms with Crippen molar-refractivity contribution >= 4 is 26.0 Å². The summed E-state index contributed by atoms with van der Waals surface area (Å²) in [5.74, 6) is 0.278. The Balaban J connectivity index is 2.68. The first-order valence-electron chi connectivity index (χ1n) is 6.32. The van der Waals surface area contributed by atoms with Crippen LogP contribution in [0.15, 0.2) is 0 Å². The zero-order valence-electron chi connectivity index (χ0n) is 11.1. The molecule has 1 atom stereocenters. The number of hydrogen-bond donors (Lipinski definition) is 0. The number of piperidine rings is 1. The van der Waals surface area contributed by atoms with Crippen LogP contribution >= 0.6 is 15.9 Å². The van der Waals surface area contributed by atoms with E-state index in [-0.39, 0.29) is 17.2 Å². The summed E-state index contributed by atoms with van der Waals surface area (Å²) in [6.07, 6.45) is 3.85. The van der Waals surface area contributed by atoms with E-state index in [9.17, 15) is 8.42 Å². The predicted molar refractivity (Wildman–Crippen MR) is 76.0 cm³/mol. The van der Waals surface area contributed by atoms with Crippen LogP contribution in [0, 0.1) is 5.41 Å². The third-order valence-corrected chi connectivity index (χ3v) is 5.88. The maximum absolute atomic E-state index is 12.3. The van der Waals surface area contributed by atoms with Crippen LogP contribution < -0.4 is 0 Å². The third-order valence-electron chi connectivity index (χ3n) is 3.22. The highest BCUT2D eigenvalue weighted by Gasteiger charge is 2.32. The number of halogens is 1. The van der Waals surface area contributed by atoms with E-state index in [1.165, 1.54) is 0 Å². The van der Waals surface area contributed by atoms with E-state index in [1.807, 2.05) is 0 Å². The smallest absolute Gasteiger partial charge is 0.212 e. The SMILES string of the molecule is CC(C)(C)CCS(=O)(=O)N1CCCCC1CBr. The molecule has 0 bridgehead atoms. The molecule has 0 aromatic rings. The van der Waals surface area contributed by atoms with Gasteiger partial charge in [0.25, 0.3) is 0 Å². The highest BCUT2D eigenvalue weighted by Crippen LogP contribution is 2.25. The van der Waals surface area contributed by atoms with Crippen molar-refractivity contribution in [1.29, 1.82) is 0 Å². The Hall–Kier alpha value is 0.390. The van der Waals surface area contributed by atoms with E-state index in [0.717, 1.165) is 31.0 Å². The molecule has 1 fully saturated rings. The molecular formula is C12H24BrNO2S. The molecule has 3 nitrogen and oxygen atoms in total. The lowest BCUT2D eigenvalue weighted by Crippen LogP contribution is -2.45. The van der Waals surface area contributed by atoms with E-state index >= 15 is 0 Å². The average Bonchev–Trinajstić information content (AvgIpc) is 2.26. The Morgan fingerprint density at radius 2 is 1.94 bits per heavy atom. The molecule has 1 saturated heterocycles. The van der Waals surface area contributed by atoms with Crippen LogP contribution in [0.4, 0.5) is 0 Å². The fourth-order valence-corrected chi connectivity index (χ4v) is 5.06. The molecule has 1 aliphatic rings. The molecule has 0 aromatic heterocycles. The summed E-state index contributed by atoms with van der Waals surface area (Å²) in [5, 5.41) is 0.752. The number of sulfonamides is 1. The summed E-state index contributed by atoms with van der Waals surface area (Å²) in [5.41, 5.74) is 0.0761. The van der Waals surface area contributed by atoms with Crippen molar-refractivity contribution < 1.29 is 8.42 Å². The van der Waals surface area contributed by atoms with Crippen LogP contribution in [0.3, 0.4) is 0 Å². The van der Waals surface area contributed by atoms with Gasteiger partial charge >= 0.3 is 0 Å². The number of nitrogens with zero attached hydrogens (tertiary/aromatic N) is 1. The van der Waals surface area contributed by atoms with E-state index in [2.05, 4.69) is 36.7 Å². The fourth-order valence-electron chi connectivity index (χ4n) is 2.05. The second-order valence-electron chi connectivity index (χ2n) is 6.04. The lowest BCUT2D eigenvalue weighted by atomic mass is 9.94.